The first-order valence-corrected chi connectivity index (χ1v) is 5.52. The van der Waals surface area contributed by atoms with E-state index in [1.165, 1.54) is 6.07 Å². The Hall–Kier alpha value is -1.23. The van der Waals surface area contributed by atoms with Crippen molar-refractivity contribution in [1.82, 2.24) is 0 Å². The molecule has 5 heteroatoms. The Morgan fingerprint density at radius 2 is 2.00 bits per heavy atom. The van der Waals surface area contributed by atoms with E-state index in [1.54, 1.807) is 0 Å². The van der Waals surface area contributed by atoms with Crippen molar-refractivity contribution in [1.29, 1.82) is 0 Å². The predicted octanol–water partition coefficient (Wildman–Crippen LogP) is 3.00. The minimum Gasteiger partial charge on any atom is -0.493 e. The highest BCUT2D eigenvalue weighted by atomic mass is 19.4. The molecule has 0 aromatic heterocycles. The minimum atomic E-state index is -4.33. The van der Waals surface area contributed by atoms with Crippen LogP contribution in [0.25, 0.3) is 0 Å². The van der Waals surface area contributed by atoms with Crippen molar-refractivity contribution in [2.24, 2.45) is 5.73 Å². The molecule has 1 rings (SSSR count). The smallest absolute Gasteiger partial charge is 0.416 e. The maximum absolute atomic E-state index is 12.5. The molecule has 0 fully saturated rings. The van der Waals surface area contributed by atoms with Gasteiger partial charge in [-0.1, -0.05) is 6.92 Å². The van der Waals surface area contributed by atoms with E-state index < -0.39 is 11.7 Å². The Morgan fingerprint density at radius 1 is 1.29 bits per heavy atom. The molecule has 0 amide bonds. The molecule has 0 bridgehead atoms. The summed E-state index contributed by atoms with van der Waals surface area (Å²) in [4.78, 5) is 0. The minimum absolute atomic E-state index is 0.295. The number of rotatable bonds is 5. The zero-order valence-corrected chi connectivity index (χ0v) is 9.68. The molecule has 0 aliphatic heterocycles. The largest absolute Gasteiger partial charge is 0.493 e. The average molecular weight is 247 g/mol. The molecular weight excluding hydrogens is 231 g/mol. The lowest BCUT2D eigenvalue weighted by molar-refractivity contribution is -0.137. The Balaban J connectivity index is 2.99. The first-order valence-electron chi connectivity index (χ1n) is 5.52. The highest BCUT2D eigenvalue weighted by Crippen LogP contribution is 2.32. The van der Waals surface area contributed by atoms with Crippen molar-refractivity contribution in [3.8, 4) is 5.75 Å². The normalized spacial score (nSPS) is 11.6. The van der Waals surface area contributed by atoms with E-state index in [-0.39, 0.29) is 0 Å². The summed E-state index contributed by atoms with van der Waals surface area (Å²) in [6, 6.07) is 3.51. The quantitative estimate of drug-likeness (QED) is 0.868. The Labute approximate surface area is 98.6 Å². The van der Waals surface area contributed by atoms with E-state index in [0.29, 0.717) is 30.9 Å². The summed E-state index contributed by atoms with van der Waals surface area (Å²) in [5.74, 6) is 0.491. The van der Waals surface area contributed by atoms with Crippen LogP contribution in [0, 0.1) is 0 Å². The van der Waals surface area contributed by atoms with Gasteiger partial charge in [0.15, 0.2) is 0 Å². The van der Waals surface area contributed by atoms with E-state index in [9.17, 15) is 13.2 Å². The van der Waals surface area contributed by atoms with Gasteiger partial charge in [0.05, 0.1) is 12.2 Å². The lowest BCUT2D eigenvalue weighted by atomic mass is 10.1. The van der Waals surface area contributed by atoms with Gasteiger partial charge in [-0.15, -0.1) is 0 Å². The molecule has 0 heterocycles. The van der Waals surface area contributed by atoms with Gasteiger partial charge in [-0.2, -0.15) is 13.2 Å². The second kappa shape index (κ2) is 5.91. The molecule has 0 atom stereocenters. The molecule has 0 radical (unpaired) electrons. The first kappa shape index (κ1) is 13.8. The maximum Gasteiger partial charge on any atom is 0.416 e. The first-order chi connectivity index (χ1) is 7.99. The molecule has 1 aromatic rings. The molecule has 0 aliphatic carbocycles. The molecule has 1 aromatic carbocycles. The van der Waals surface area contributed by atoms with E-state index in [4.69, 9.17) is 10.5 Å². The maximum atomic E-state index is 12.5. The summed E-state index contributed by atoms with van der Waals surface area (Å²) in [7, 11) is 0. The van der Waals surface area contributed by atoms with Crippen LogP contribution in [0.1, 0.15) is 24.5 Å². The van der Waals surface area contributed by atoms with Gasteiger partial charge in [-0.25, -0.2) is 0 Å². The van der Waals surface area contributed by atoms with Gasteiger partial charge in [-0.3, -0.25) is 0 Å². The van der Waals surface area contributed by atoms with Crippen LogP contribution in [0.4, 0.5) is 13.2 Å². The van der Waals surface area contributed by atoms with Crippen LogP contribution in [0.5, 0.6) is 5.75 Å². The van der Waals surface area contributed by atoms with Crippen molar-refractivity contribution in [2.45, 2.75) is 25.9 Å². The third kappa shape index (κ3) is 3.93. The Morgan fingerprint density at radius 3 is 2.53 bits per heavy atom. The standard InChI is InChI=1S/C12H16F3NO/c1-2-7-17-11-4-3-10(12(13,14)15)8-9(11)5-6-16/h3-4,8H,2,5-7,16H2,1H3. The van der Waals surface area contributed by atoms with Crippen molar-refractivity contribution in [3.05, 3.63) is 29.3 Å². The lowest BCUT2D eigenvalue weighted by Gasteiger charge is -2.13. The summed E-state index contributed by atoms with van der Waals surface area (Å²) in [6.45, 7) is 2.72. The van der Waals surface area contributed by atoms with E-state index in [2.05, 4.69) is 0 Å². The monoisotopic (exact) mass is 247 g/mol. The predicted molar refractivity (Wildman–Crippen MR) is 60.0 cm³/mol. The number of nitrogens with two attached hydrogens (primary N) is 1. The third-order valence-corrected chi connectivity index (χ3v) is 2.26. The van der Waals surface area contributed by atoms with Gasteiger partial charge in [0, 0.05) is 0 Å². The molecule has 17 heavy (non-hydrogen) atoms. The fourth-order valence-corrected chi connectivity index (χ4v) is 1.46. The third-order valence-electron chi connectivity index (χ3n) is 2.26. The number of alkyl halides is 3. The molecule has 0 aliphatic rings. The number of ether oxygens (including phenoxy) is 1. The molecule has 0 unspecified atom stereocenters. The molecule has 2 nitrogen and oxygen atoms in total. The second-order valence-corrected chi connectivity index (χ2v) is 3.71. The van der Waals surface area contributed by atoms with Crippen LogP contribution in [0.3, 0.4) is 0 Å². The molecular formula is C12H16F3NO. The topological polar surface area (TPSA) is 35.2 Å². The summed E-state index contributed by atoms with van der Waals surface area (Å²) in [5, 5.41) is 0. The van der Waals surface area contributed by atoms with Gasteiger partial charge in [0.2, 0.25) is 0 Å². The Kier molecular flexibility index (Phi) is 4.81. The average Bonchev–Trinajstić information content (AvgIpc) is 2.26. The zero-order valence-electron chi connectivity index (χ0n) is 9.68. The number of benzene rings is 1. The molecule has 0 spiro atoms. The second-order valence-electron chi connectivity index (χ2n) is 3.71. The molecule has 2 N–H and O–H groups in total. The van der Waals surface area contributed by atoms with Gasteiger partial charge >= 0.3 is 6.18 Å². The number of halogens is 3. The van der Waals surface area contributed by atoms with Crippen molar-refractivity contribution < 1.29 is 17.9 Å². The van der Waals surface area contributed by atoms with Gasteiger partial charge in [0.25, 0.3) is 0 Å². The fraction of sp³-hybridized carbons (Fsp3) is 0.500. The zero-order chi connectivity index (χ0) is 12.9. The fourth-order valence-electron chi connectivity index (χ4n) is 1.46. The van der Waals surface area contributed by atoms with E-state index >= 15 is 0 Å². The number of hydrogen-bond acceptors (Lipinski definition) is 2. The summed E-state index contributed by atoms with van der Waals surface area (Å²) < 4.78 is 42.9. The van der Waals surface area contributed by atoms with E-state index in [0.717, 1.165) is 18.6 Å². The van der Waals surface area contributed by atoms with Crippen molar-refractivity contribution >= 4 is 0 Å². The van der Waals surface area contributed by atoms with Crippen molar-refractivity contribution in [2.75, 3.05) is 13.2 Å². The van der Waals surface area contributed by atoms with Crippen LogP contribution in [-0.4, -0.2) is 13.2 Å². The lowest BCUT2D eigenvalue weighted by Crippen LogP contribution is -2.10. The molecule has 96 valence electrons. The highest BCUT2D eigenvalue weighted by Gasteiger charge is 2.31. The number of hydrogen-bond donors (Lipinski definition) is 1. The Bertz CT molecular complexity index is 363. The van der Waals surface area contributed by atoms with Crippen LogP contribution < -0.4 is 10.5 Å². The van der Waals surface area contributed by atoms with Crippen LogP contribution in [-0.2, 0) is 12.6 Å². The van der Waals surface area contributed by atoms with Crippen molar-refractivity contribution in [3.63, 3.8) is 0 Å². The summed E-state index contributed by atoms with van der Waals surface area (Å²) in [6.07, 6.45) is -3.14. The molecule has 0 saturated carbocycles. The molecule has 0 saturated heterocycles. The highest BCUT2D eigenvalue weighted by molar-refractivity contribution is 5.38. The summed E-state index contributed by atoms with van der Waals surface area (Å²) in [5.41, 5.74) is 5.23. The van der Waals surface area contributed by atoms with Gasteiger partial charge in [0.1, 0.15) is 5.75 Å². The van der Waals surface area contributed by atoms with Gasteiger partial charge < -0.3 is 10.5 Å². The van der Waals surface area contributed by atoms with Crippen LogP contribution in [0.15, 0.2) is 18.2 Å². The summed E-state index contributed by atoms with van der Waals surface area (Å²) >= 11 is 0. The van der Waals surface area contributed by atoms with E-state index in [1.807, 2.05) is 6.92 Å². The van der Waals surface area contributed by atoms with Gasteiger partial charge in [-0.05, 0) is 43.1 Å². The SMILES string of the molecule is CCCOc1ccc(C(F)(F)F)cc1CCN. The van der Waals surface area contributed by atoms with Crippen LogP contribution in [0.2, 0.25) is 0 Å². The van der Waals surface area contributed by atoms with Crippen LogP contribution >= 0.6 is 0 Å².